The number of hydrogen-bond donors (Lipinski definition) is 1. The maximum atomic E-state index is 13.3. The summed E-state index contributed by atoms with van der Waals surface area (Å²) in [5, 5.41) is 5.00. The molecule has 2 aromatic carbocycles. The summed E-state index contributed by atoms with van der Waals surface area (Å²) < 4.78 is 24.3. The van der Waals surface area contributed by atoms with Gasteiger partial charge in [-0.2, -0.15) is 0 Å². The molecule has 4 rings (SSSR count). The molecule has 0 saturated carbocycles. The number of halogens is 1. The van der Waals surface area contributed by atoms with Crippen molar-refractivity contribution in [2.75, 3.05) is 19.5 Å². The summed E-state index contributed by atoms with van der Waals surface area (Å²) in [6.45, 7) is 0. The van der Waals surface area contributed by atoms with Crippen molar-refractivity contribution < 1.29 is 18.7 Å². The minimum Gasteiger partial charge on any atom is -0.493 e. The van der Waals surface area contributed by atoms with Crippen LogP contribution in [0.5, 0.6) is 11.5 Å². The fourth-order valence-corrected chi connectivity index (χ4v) is 4.66. The summed E-state index contributed by atoms with van der Waals surface area (Å²) in [6.07, 6.45) is 0.333. The van der Waals surface area contributed by atoms with Crippen molar-refractivity contribution in [2.24, 2.45) is 0 Å². The molecule has 1 aromatic heterocycles. The summed E-state index contributed by atoms with van der Waals surface area (Å²) >= 11 is 1.58. The molecule has 0 bridgehead atoms. The van der Waals surface area contributed by atoms with Crippen molar-refractivity contribution in [3.05, 3.63) is 64.1 Å². The number of carbonyl (C=O) groups excluding carboxylic acids is 1. The second-order valence-electron chi connectivity index (χ2n) is 6.28. The number of carbonyl (C=O) groups is 1. The van der Waals surface area contributed by atoms with Crippen molar-refractivity contribution in [3.8, 4) is 22.6 Å². The summed E-state index contributed by atoms with van der Waals surface area (Å²) in [5.41, 5.74) is 3.47. The Morgan fingerprint density at radius 1 is 1.11 bits per heavy atom. The number of para-hydroxylation sites is 1. The normalized spacial score (nSPS) is 15.8. The number of nitrogens with one attached hydrogen (secondary N) is 1. The number of ether oxygens (including phenoxy) is 2. The van der Waals surface area contributed by atoms with Crippen molar-refractivity contribution >= 4 is 22.9 Å². The topological polar surface area (TPSA) is 47.6 Å². The molecule has 0 saturated heterocycles. The van der Waals surface area contributed by atoms with Crippen LogP contribution < -0.4 is 14.8 Å². The first-order valence-electron chi connectivity index (χ1n) is 8.50. The maximum Gasteiger partial charge on any atom is 0.225 e. The molecule has 27 heavy (non-hydrogen) atoms. The van der Waals surface area contributed by atoms with Gasteiger partial charge in [0.05, 0.1) is 19.9 Å². The Balaban J connectivity index is 1.84. The molecule has 3 aromatic rings. The molecule has 0 radical (unpaired) electrons. The molecule has 138 valence electrons. The second kappa shape index (κ2) is 7.04. The van der Waals surface area contributed by atoms with E-state index in [1.807, 2.05) is 23.6 Å². The van der Waals surface area contributed by atoms with Crippen LogP contribution in [0.4, 0.5) is 10.1 Å². The highest BCUT2D eigenvalue weighted by atomic mass is 32.1. The SMILES string of the molecule is COc1cccc([C@H]2CC(=O)Nc3c(-c4ccc(F)cc4)csc32)c1OC. The first-order chi connectivity index (χ1) is 13.1. The van der Waals surface area contributed by atoms with E-state index in [2.05, 4.69) is 5.32 Å². The highest BCUT2D eigenvalue weighted by Crippen LogP contribution is 2.49. The van der Waals surface area contributed by atoms with Crippen LogP contribution in [0.2, 0.25) is 0 Å². The van der Waals surface area contributed by atoms with Crippen molar-refractivity contribution in [1.29, 1.82) is 0 Å². The van der Waals surface area contributed by atoms with Crippen LogP contribution in [-0.4, -0.2) is 20.1 Å². The van der Waals surface area contributed by atoms with E-state index in [1.54, 1.807) is 37.7 Å². The number of amides is 1. The molecule has 6 heteroatoms. The van der Waals surface area contributed by atoms with E-state index in [1.165, 1.54) is 12.1 Å². The van der Waals surface area contributed by atoms with Gasteiger partial charge in [0, 0.05) is 33.7 Å². The lowest BCUT2D eigenvalue weighted by Gasteiger charge is -2.25. The average molecular weight is 383 g/mol. The lowest BCUT2D eigenvalue weighted by Crippen LogP contribution is -2.22. The Morgan fingerprint density at radius 3 is 2.59 bits per heavy atom. The molecule has 0 spiro atoms. The Labute approximate surface area is 160 Å². The van der Waals surface area contributed by atoms with Gasteiger partial charge < -0.3 is 14.8 Å². The number of fused-ring (bicyclic) bond motifs is 1. The van der Waals surface area contributed by atoms with Crippen LogP contribution in [0.1, 0.15) is 22.8 Å². The Hall–Kier alpha value is -2.86. The maximum absolute atomic E-state index is 13.3. The van der Waals surface area contributed by atoms with Gasteiger partial charge in [-0.25, -0.2) is 4.39 Å². The molecule has 0 unspecified atom stereocenters. The zero-order chi connectivity index (χ0) is 19.0. The zero-order valence-corrected chi connectivity index (χ0v) is 15.7. The lowest BCUT2D eigenvalue weighted by atomic mass is 9.88. The molecule has 4 nitrogen and oxygen atoms in total. The fourth-order valence-electron chi connectivity index (χ4n) is 3.51. The van der Waals surface area contributed by atoms with Gasteiger partial charge in [0.2, 0.25) is 5.91 Å². The van der Waals surface area contributed by atoms with Crippen molar-refractivity contribution in [2.45, 2.75) is 12.3 Å². The molecule has 0 fully saturated rings. The third kappa shape index (κ3) is 3.06. The number of benzene rings is 2. The molecule has 2 heterocycles. The molecule has 1 aliphatic heterocycles. The molecular weight excluding hydrogens is 365 g/mol. The highest BCUT2D eigenvalue weighted by molar-refractivity contribution is 7.11. The van der Waals surface area contributed by atoms with E-state index in [-0.39, 0.29) is 17.6 Å². The van der Waals surface area contributed by atoms with E-state index in [9.17, 15) is 9.18 Å². The predicted octanol–water partition coefficient (Wildman–Crippen LogP) is 5.05. The zero-order valence-electron chi connectivity index (χ0n) is 14.9. The number of rotatable bonds is 4. The highest BCUT2D eigenvalue weighted by Gasteiger charge is 2.32. The predicted molar refractivity (Wildman–Crippen MR) is 104 cm³/mol. The van der Waals surface area contributed by atoms with Crippen molar-refractivity contribution in [3.63, 3.8) is 0 Å². The summed E-state index contributed by atoms with van der Waals surface area (Å²) in [6, 6.07) is 12.0. The van der Waals surface area contributed by atoms with Gasteiger partial charge in [-0.05, 0) is 23.8 Å². The van der Waals surface area contributed by atoms with Crippen LogP contribution in [0.3, 0.4) is 0 Å². The summed E-state index contributed by atoms with van der Waals surface area (Å²) in [7, 11) is 3.20. The fraction of sp³-hybridized carbons (Fsp3) is 0.190. The number of methoxy groups -OCH3 is 2. The van der Waals surface area contributed by atoms with E-state index < -0.39 is 0 Å². The van der Waals surface area contributed by atoms with E-state index in [0.717, 1.165) is 27.3 Å². The standard InChI is InChI=1S/C21H18FNO3S/c1-25-17-5-3-4-14(20(17)26-2)15-10-18(24)23-19-16(11-27-21(15)19)12-6-8-13(22)9-7-12/h3-9,11,15H,10H2,1-2H3,(H,23,24)/t15-/m1/s1. The van der Waals surface area contributed by atoms with Crippen LogP contribution >= 0.6 is 11.3 Å². The average Bonchev–Trinajstić information content (AvgIpc) is 3.11. The quantitative estimate of drug-likeness (QED) is 0.686. The Morgan fingerprint density at radius 2 is 1.89 bits per heavy atom. The van der Waals surface area contributed by atoms with Crippen LogP contribution in [0.15, 0.2) is 47.8 Å². The largest absolute Gasteiger partial charge is 0.493 e. The lowest BCUT2D eigenvalue weighted by molar-refractivity contribution is -0.116. The first-order valence-corrected chi connectivity index (χ1v) is 9.38. The minimum atomic E-state index is -0.286. The Kier molecular flexibility index (Phi) is 4.58. The van der Waals surface area contributed by atoms with Gasteiger partial charge in [-0.3, -0.25) is 4.79 Å². The smallest absolute Gasteiger partial charge is 0.225 e. The van der Waals surface area contributed by atoms with Gasteiger partial charge in [0.15, 0.2) is 11.5 Å². The second-order valence-corrected chi connectivity index (χ2v) is 7.19. The molecular formula is C21H18FNO3S. The van der Waals surface area contributed by atoms with Gasteiger partial charge in [-0.1, -0.05) is 24.3 Å². The third-order valence-corrected chi connectivity index (χ3v) is 5.85. The van der Waals surface area contributed by atoms with Gasteiger partial charge in [0.25, 0.3) is 0 Å². The first kappa shape index (κ1) is 17.5. The van der Waals surface area contributed by atoms with Crippen LogP contribution in [-0.2, 0) is 4.79 Å². The van der Waals surface area contributed by atoms with Crippen LogP contribution in [0.25, 0.3) is 11.1 Å². The summed E-state index contributed by atoms with van der Waals surface area (Å²) in [4.78, 5) is 13.5. The van der Waals surface area contributed by atoms with E-state index in [0.29, 0.717) is 17.9 Å². The molecule has 1 atom stereocenters. The number of thiophene rings is 1. The van der Waals surface area contributed by atoms with Gasteiger partial charge >= 0.3 is 0 Å². The molecule has 0 aliphatic carbocycles. The van der Waals surface area contributed by atoms with E-state index >= 15 is 0 Å². The van der Waals surface area contributed by atoms with Gasteiger partial charge in [0.1, 0.15) is 5.82 Å². The number of anilines is 1. The third-order valence-electron chi connectivity index (χ3n) is 4.75. The Bertz CT molecular complexity index is 997. The molecule has 1 amide bonds. The molecule has 1 N–H and O–H groups in total. The monoisotopic (exact) mass is 383 g/mol. The van der Waals surface area contributed by atoms with E-state index in [4.69, 9.17) is 9.47 Å². The van der Waals surface area contributed by atoms with Gasteiger partial charge in [-0.15, -0.1) is 11.3 Å². The summed E-state index contributed by atoms with van der Waals surface area (Å²) in [5.74, 6) is 0.809. The minimum absolute atomic E-state index is 0.0564. The van der Waals surface area contributed by atoms with Crippen molar-refractivity contribution in [1.82, 2.24) is 0 Å². The van der Waals surface area contributed by atoms with Crippen LogP contribution in [0, 0.1) is 5.82 Å². The number of hydrogen-bond acceptors (Lipinski definition) is 4. The molecule has 1 aliphatic rings.